The van der Waals surface area contributed by atoms with E-state index in [4.69, 9.17) is 0 Å². The Morgan fingerprint density at radius 1 is 1.39 bits per heavy atom. The number of carbonyl (C=O) groups excluding carboxylic acids is 1. The van der Waals surface area contributed by atoms with Gasteiger partial charge in [0, 0.05) is 26.2 Å². The van der Waals surface area contributed by atoms with Crippen molar-refractivity contribution in [3.8, 4) is 0 Å². The van der Waals surface area contributed by atoms with Gasteiger partial charge in [0.25, 0.3) is 0 Å². The first-order valence-corrected chi connectivity index (χ1v) is 7.34. The minimum absolute atomic E-state index is 0.213. The molecule has 104 valence electrons. The number of hydrogen-bond acceptors (Lipinski definition) is 2. The van der Waals surface area contributed by atoms with Crippen molar-refractivity contribution in [2.24, 2.45) is 5.92 Å². The van der Waals surface area contributed by atoms with E-state index in [2.05, 4.69) is 19.2 Å². The zero-order valence-electron chi connectivity index (χ0n) is 12.0. The molecule has 18 heavy (non-hydrogen) atoms. The molecule has 0 spiro atoms. The third kappa shape index (κ3) is 2.97. The summed E-state index contributed by atoms with van der Waals surface area (Å²) < 4.78 is 0. The van der Waals surface area contributed by atoms with Crippen molar-refractivity contribution in [2.45, 2.75) is 51.6 Å². The molecule has 4 heteroatoms. The van der Waals surface area contributed by atoms with Gasteiger partial charge in [0.2, 0.25) is 0 Å². The fraction of sp³-hybridized carbons (Fsp3) is 0.929. The van der Waals surface area contributed by atoms with Gasteiger partial charge >= 0.3 is 6.03 Å². The maximum absolute atomic E-state index is 12.1. The van der Waals surface area contributed by atoms with Crippen molar-refractivity contribution in [3.05, 3.63) is 0 Å². The summed E-state index contributed by atoms with van der Waals surface area (Å²) in [6.45, 7) is 7.35. The summed E-state index contributed by atoms with van der Waals surface area (Å²) in [5, 5.41) is 3.55. The van der Waals surface area contributed by atoms with Gasteiger partial charge in [-0.25, -0.2) is 4.79 Å². The van der Waals surface area contributed by atoms with Crippen LogP contribution in [0.15, 0.2) is 0 Å². The Bertz CT molecular complexity index is 287. The fourth-order valence-corrected chi connectivity index (χ4v) is 3.12. The largest absolute Gasteiger partial charge is 0.323 e. The lowest BCUT2D eigenvalue weighted by molar-refractivity contribution is 0.190. The molecule has 2 unspecified atom stereocenters. The third-order valence-electron chi connectivity index (χ3n) is 4.41. The molecule has 0 radical (unpaired) electrons. The molecule has 2 rings (SSSR count). The molecule has 2 atom stereocenters. The zero-order chi connectivity index (χ0) is 13.1. The SMILES string of the molecule is CC(C)C1CN(CCC2CCCCN2)C(=O)N1C. The Kier molecular flexibility index (Phi) is 4.49. The van der Waals surface area contributed by atoms with Crippen LogP contribution in [0.4, 0.5) is 4.79 Å². The van der Waals surface area contributed by atoms with Gasteiger partial charge in [-0.3, -0.25) is 0 Å². The van der Waals surface area contributed by atoms with E-state index in [1.54, 1.807) is 0 Å². The maximum Gasteiger partial charge on any atom is 0.320 e. The Hall–Kier alpha value is -0.770. The highest BCUT2D eigenvalue weighted by molar-refractivity contribution is 5.76. The third-order valence-corrected chi connectivity index (χ3v) is 4.41. The van der Waals surface area contributed by atoms with Crippen molar-refractivity contribution in [2.75, 3.05) is 26.7 Å². The van der Waals surface area contributed by atoms with E-state index in [-0.39, 0.29) is 6.03 Å². The van der Waals surface area contributed by atoms with E-state index in [9.17, 15) is 4.79 Å². The molecular formula is C14H27N3O. The first-order valence-electron chi connectivity index (χ1n) is 7.34. The number of rotatable bonds is 4. The van der Waals surface area contributed by atoms with Crippen LogP contribution in [-0.2, 0) is 0 Å². The second-order valence-electron chi connectivity index (χ2n) is 6.09. The highest BCUT2D eigenvalue weighted by atomic mass is 16.2. The Balaban J connectivity index is 1.81. The summed E-state index contributed by atoms with van der Waals surface area (Å²) in [5.74, 6) is 0.539. The molecule has 1 N–H and O–H groups in total. The molecule has 0 aromatic carbocycles. The molecule has 0 aliphatic carbocycles. The maximum atomic E-state index is 12.1. The first-order chi connectivity index (χ1) is 8.59. The zero-order valence-corrected chi connectivity index (χ0v) is 12.0. The summed E-state index contributed by atoms with van der Waals surface area (Å²) in [6, 6.07) is 1.22. The van der Waals surface area contributed by atoms with Gasteiger partial charge in [0.15, 0.2) is 0 Å². The molecule has 0 bridgehead atoms. The lowest BCUT2D eigenvalue weighted by Gasteiger charge is -2.25. The van der Waals surface area contributed by atoms with Crippen molar-refractivity contribution < 1.29 is 4.79 Å². The van der Waals surface area contributed by atoms with Crippen LogP contribution in [0.5, 0.6) is 0 Å². The predicted molar refractivity (Wildman–Crippen MR) is 73.6 cm³/mol. The minimum atomic E-state index is 0.213. The normalized spacial score (nSPS) is 29.4. The fourth-order valence-electron chi connectivity index (χ4n) is 3.12. The summed E-state index contributed by atoms with van der Waals surface area (Å²) >= 11 is 0. The van der Waals surface area contributed by atoms with Gasteiger partial charge in [-0.2, -0.15) is 0 Å². The molecule has 0 saturated carbocycles. The topological polar surface area (TPSA) is 35.6 Å². The van der Waals surface area contributed by atoms with Crippen LogP contribution < -0.4 is 5.32 Å². The quantitative estimate of drug-likeness (QED) is 0.831. The minimum Gasteiger partial charge on any atom is -0.323 e. The number of hydrogen-bond donors (Lipinski definition) is 1. The standard InChI is InChI=1S/C14H27N3O/c1-11(2)13-10-17(14(18)16(13)3)9-7-12-6-4-5-8-15-12/h11-13,15H,4-10H2,1-3H3. The smallest absolute Gasteiger partial charge is 0.320 e. The van der Waals surface area contributed by atoms with Crippen LogP contribution >= 0.6 is 0 Å². The molecule has 0 aromatic heterocycles. The highest BCUT2D eigenvalue weighted by Crippen LogP contribution is 2.21. The summed E-state index contributed by atoms with van der Waals surface area (Å²) in [7, 11) is 1.94. The number of amides is 2. The van der Waals surface area contributed by atoms with Crippen molar-refractivity contribution >= 4 is 6.03 Å². The number of likely N-dealkylation sites (N-methyl/N-ethyl adjacent to an activating group) is 1. The highest BCUT2D eigenvalue weighted by Gasteiger charge is 2.35. The first kappa shape index (κ1) is 13.7. The van der Waals surface area contributed by atoms with E-state index in [0.717, 1.165) is 26.1 Å². The van der Waals surface area contributed by atoms with Crippen molar-refractivity contribution in [1.82, 2.24) is 15.1 Å². The van der Waals surface area contributed by atoms with Crippen LogP contribution in [-0.4, -0.2) is 54.6 Å². The van der Waals surface area contributed by atoms with E-state index in [1.165, 1.54) is 19.3 Å². The lowest BCUT2D eigenvalue weighted by Crippen LogP contribution is -2.38. The van der Waals surface area contributed by atoms with Crippen molar-refractivity contribution in [3.63, 3.8) is 0 Å². The molecule has 2 aliphatic rings. The molecule has 2 amide bonds. The predicted octanol–water partition coefficient (Wildman–Crippen LogP) is 1.91. The van der Waals surface area contributed by atoms with Crippen LogP contribution in [0.3, 0.4) is 0 Å². The van der Waals surface area contributed by atoms with E-state index < -0.39 is 0 Å². The van der Waals surface area contributed by atoms with Crippen LogP contribution in [0.1, 0.15) is 39.5 Å². The Labute approximate surface area is 111 Å². The van der Waals surface area contributed by atoms with Gasteiger partial charge in [-0.15, -0.1) is 0 Å². The molecule has 2 saturated heterocycles. The lowest BCUT2D eigenvalue weighted by atomic mass is 10.0. The number of piperidine rings is 1. The van der Waals surface area contributed by atoms with E-state index >= 15 is 0 Å². The summed E-state index contributed by atoms with van der Waals surface area (Å²) in [4.78, 5) is 16.1. The van der Waals surface area contributed by atoms with Gasteiger partial charge in [0.05, 0.1) is 6.04 Å². The number of carbonyl (C=O) groups is 1. The molecule has 2 fully saturated rings. The second kappa shape index (κ2) is 5.91. The number of urea groups is 1. The Morgan fingerprint density at radius 3 is 2.72 bits per heavy atom. The van der Waals surface area contributed by atoms with Crippen LogP contribution in [0, 0.1) is 5.92 Å². The van der Waals surface area contributed by atoms with E-state index in [1.807, 2.05) is 16.8 Å². The molecule has 2 aliphatic heterocycles. The van der Waals surface area contributed by atoms with Gasteiger partial charge in [0.1, 0.15) is 0 Å². The molecule has 0 aromatic rings. The second-order valence-corrected chi connectivity index (χ2v) is 6.09. The average molecular weight is 253 g/mol. The van der Waals surface area contributed by atoms with Crippen molar-refractivity contribution in [1.29, 1.82) is 0 Å². The Morgan fingerprint density at radius 2 is 2.17 bits per heavy atom. The van der Waals surface area contributed by atoms with Crippen LogP contribution in [0.2, 0.25) is 0 Å². The monoisotopic (exact) mass is 253 g/mol. The molecule has 2 heterocycles. The molecule has 4 nitrogen and oxygen atoms in total. The van der Waals surface area contributed by atoms with Gasteiger partial charge in [-0.1, -0.05) is 20.3 Å². The van der Waals surface area contributed by atoms with E-state index in [0.29, 0.717) is 18.0 Å². The average Bonchev–Trinajstić information content (AvgIpc) is 2.65. The number of nitrogens with one attached hydrogen (secondary N) is 1. The van der Waals surface area contributed by atoms with Gasteiger partial charge < -0.3 is 15.1 Å². The van der Waals surface area contributed by atoms with Crippen LogP contribution in [0.25, 0.3) is 0 Å². The summed E-state index contributed by atoms with van der Waals surface area (Å²) in [5.41, 5.74) is 0. The summed E-state index contributed by atoms with van der Waals surface area (Å²) in [6.07, 6.45) is 5.01. The molecular weight excluding hydrogens is 226 g/mol. The number of nitrogens with zero attached hydrogens (tertiary/aromatic N) is 2. The van der Waals surface area contributed by atoms with Gasteiger partial charge in [-0.05, 0) is 31.7 Å².